The van der Waals surface area contributed by atoms with Crippen LogP contribution in [0.25, 0.3) is 0 Å². The van der Waals surface area contributed by atoms with Gasteiger partial charge < -0.3 is 16.0 Å². The number of likely N-dealkylation sites (tertiary alicyclic amines) is 1. The summed E-state index contributed by atoms with van der Waals surface area (Å²) in [6.45, 7) is 10.3. The molecule has 2 rings (SSSR count). The molecule has 1 fully saturated rings. The fourth-order valence-electron chi connectivity index (χ4n) is 3.02. The molecule has 0 aliphatic carbocycles. The minimum Gasteiger partial charge on any atom is -0.352 e. The van der Waals surface area contributed by atoms with Gasteiger partial charge in [0.1, 0.15) is 0 Å². The SMILES string of the molecule is CC(N)C1CCCN(C(=O)c2ccc(C(=O)NCC(C)(C)C)cc2)C1. The predicted molar refractivity (Wildman–Crippen MR) is 101 cm³/mol. The van der Waals surface area contributed by atoms with Crippen LogP contribution in [0.1, 0.15) is 61.3 Å². The normalized spacial score (nSPS) is 19.4. The van der Waals surface area contributed by atoms with E-state index in [-0.39, 0.29) is 23.3 Å². The van der Waals surface area contributed by atoms with E-state index < -0.39 is 0 Å². The first-order valence-corrected chi connectivity index (χ1v) is 9.10. The third-order valence-corrected chi connectivity index (χ3v) is 4.66. The zero-order valence-electron chi connectivity index (χ0n) is 15.8. The molecule has 2 atom stereocenters. The molecule has 1 saturated heterocycles. The molecule has 0 spiro atoms. The third-order valence-electron chi connectivity index (χ3n) is 4.66. The molecule has 0 saturated carbocycles. The van der Waals surface area contributed by atoms with Crippen LogP contribution in [-0.2, 0) is 0 Å². The van der Waals surface area contributed by atoms with Crippen molar-refractivity contribution in [2.75, 3.05) is 19.6 Å². The minimum atomic E-state index is -0.107. The second-order valence-corrected chi connectivity index (χ2v) is 8.33. The summed E-state index contributed by atoms with van der Waals surface area (Å²) < 4.78 is 0. The van der Waals surface area contributed by atoms with Crippen molar-refractivity contribution in [2.24, 2.45) is 17.1 Å². The van der Waals surface area contributed by atoms with Crippen molar-refractivity contribution in [3.63, 3.8) is 0 Å². The Kier molecular flexibility index (Phi) is 6.22. The van der Waals surface area contributed by atoms with Crippen LogP contribution in [0, 0.1) is 11.3 Å². The summed E-state index contributed by atoms with van der Waals surface area (Å²) in [5, 5.41) is 2.92. The summed E-state index contributed by atoms with van der Waals surface area (Å²) >= 11 is 0. The molecule has 1 aliphatic heterocycles. The molecule has 3 N–H and O–H groups in total. The quantitative estimate of drug-likeness (QED) is 0.881. The lowest BCUT2D eigenvalue weighted by Crippen LogP contribution is -2.45. The highest BCUT2D eigenvalue weighted by atomic mass is 16.2. The average molecular weight is 345 g/mol. The molecule has 138 valence electrons. The number of amides is 2. The van der Waals surface area contributed by atoms with E-state index in [0.29, 0.717) is 30.1 Å². The number of piperidine rings is 1. The number of carbonyl (C=O) groups is 2. The maximum Gasteiger partial charge on any atom is 0.253 e. The predicted octanol–water partition coefficient (Wildman–Crippen LogP) is 2.66. The Hall–Kier alpha value is -1.88. The second kappa shape index (κ2) is 8.00. The topological polar surface area (TPSA) is 75.4 Å². The van der Waals surface area contributed by atoms with Gasteiger partial charge in [0, 0.05) is 36.8 Å². The second-order valence-electron chi connectivity index (χ2n) is 8.33. The van der Waals surface area contributed by atoms with E-state index in [2.05, 4.69) is 26.1 Å². The number of nitrogens with two attached hydrogens (primary N) is 1. The van der Waals surface area contributed by atoms with Gasteiger partial charge in [-0.05, 0) is 55.4 Å². The van der Waals surface area contributed by atoms with E-state index in [1.807, 2.05) is 11.8 Å². The number of carbonyl (C=O) groups excluding carboxylic acids is 2. The first kappa shape index (κ1) is 19.4. The van der Waals surface area contributed by atoms with Gasteiger partial charge in [-0.25, -0.2) is 0 Å². The van der Waals surface area contributed by atoms with Gasteiger partial charge in [-0.15, -0.1) is 0 Å². The molecule has 1 aromatic carbocycles. The van der Waals surface area contributed by atoms with Crippen molar-refractivity contribution in [2.45, 2.75) is 46.6 Å². The highest BCUT2D eigenvalue weighted by Gasteiger charge is 2.26. The lowest BCUT2D eigenvalue weighted by Gasteiger charge is -2.34. The number of nitrogens with zero attached hydrogens (tertiary/aromatic N) is 1. The minimum absolute atomic E-state index is 0.0204. The van der Waals surface area contributed by atoms with Crippen molar-refractivity contribution in [3.05, 3.63) is 35.4 Å². The average Bonchev–Trinajstić information content (AvgIpc) is 2.58. The Balaban J connectivity index is 1.99. The Morgan fingerprint density at radius 1 is 1.24 bits per heavy atom. The van der Waals surface area contributed by atoms with Crippen LogP contribution in [0.3, 0.4) is 0 Å². The molecule has 1 aromatic rings. The van der Waals surface area contributed by atoms with Crippen molar-refractivity contribution in [1.29, 1.82) is 0 Å². The van der Waals surface area contributed by atoms with Gasteiger partial charge >= 0.3 is 0 Å². The molecule has 25 heavy (non-hydrogen) atoms. The molecular formula is C20H31N3O2. The fourth-order valence-corrected chi connectivity index (χ4v) is 3.02. The molecule has 0 radical (unpaired) electrons. The van der Waals surface area contributed by atoms with E-state index in [1.165, 1.54) is 0 Å². The Bertz CT molecular complexity index is 602. The van der Waals surface area contributed by atoms with E-state index in [0.717, 1.165) is 19.4 Å². The van der Waals surface area contributed by atoms with Crippen molar-refractivity contribution in [3.8, 4) is 0 Å². The summed E-state index contributed by atoms with van der Waals surface area (Å²) in [5.41, 5.74) is 7.24. The third kappa shape index (κ3) is 5.56. The number of benzene rings is 1. The summed E-state index contributed by atoms with van der Waals surface area (Å²) in [6.07, 6.45) is 2.07. The van der Waals surface area contributed by atoms with Gasteiger partial charge in [-0.3, -0.25) is 9.59 Å². The summed E-state index contributed by atoms with van der Waals surface area (Å²) in [7, 11) is 0. The largest absolute Gasteiger partial charge is 0.352 e. The van der Waals surface area contributed by atoms with E-state index in [1.54, 1.807) is 24.3 Å². The molecular weight excluding hydrogens is 314 g/mol. The molecule has 5 heteroatoms. The maximum absolute atomic E-state index is 12.7. The van der Waals surface area contributed by atoms with Gasteiger partial charge in [0.25, 0.3) is 11.8 Å². The van der Waals surface area contributed by atoms with Gasteiger partial charge in [0.05, 0.1) is 0 Å². The van der Waals surface area contributed by atoms with Crippen LogP contribution >= 0.6 is 0 Å². The molecule has 1 heterocycles. The van der Waals surface area contributed by atoms with Crippen LogP contribution in [0.2, 0.25) is 0 Å². The van der Waals surface area contributed by atoms with Crippen LogP contribution < -0.4 is 11.1 Å². The monoisotopic (exact) mass is 345 g/mol. The molecule has 0 aromatic heterocycles. The number of nitrogens with one attached hydrogen (secondary N) is 1. The van der Waals surface area contributed by atoms with E-state index in [9.17, 15) is 9.59 Å². The van der Waals surface area contributed by atoms with Crippen LogP contribution in [0.4, 0.5) is 0 Å². The standard InChI is InChI=1S/C20H31N3O2/c1-14(21)17-6-5-11-23(12-17)19(25)16-9-7-15(8-10-16)18(24)22-13-20(2,3)4/h7-10,14,17H,5-6,11-13,21H2,1-4H3,(H,22,24). The molecule has 1 aliphatic rings. The first-order chi connectivity index (χ1) is 11.7. The zero-order chi connectivity index (χ0) is 18.6. The molecule has 5 nitrogen and oxygen atoms in total. The Morgan fingerprint density at radius 2 is 1.84 bits per heavy atom. The summed E-state index contributed by atoms with van der Waals surface area (Å²) in [6, 6.07) is 7.02. The van der Waals surface area contributed by atoms with Gasteiger partial charge in [-0.1, -0.05) is 20.8 Å². The highest BCUT2D eigenvalue weighted by molar-refractivity contribution is 5.97. The van der Waals surface area contributed by atoms with Gasteiger partial charge in [0.15, 0.2) is 0 Å². The van der Waals surface area contributed by atoms with Crippen molar-refractivity contribution >= 4 is 11.8 Å². The molecule has 2 amide bonds. The lowest BCUT2D eigenvalue weighted by atomic mass is 9.92. The number of hydrogen-bond donors (Lipinski definition) is 2. The van der Waals surface area contributed by atoms with E-state index in [4.69, 9.17) is 5.73 Å². The van der Waals surface area contributed by atoms with E-state index >= 15 is 0 Å². The highest BCUT2D eigenvalue weighted by Crippen LogP contribution is 2.21. The molecule has 0 bridgehead atoms. The number of rotatable bonds is 4. The van der Waals surface area contributed by atoms with Gasteiger partial charge in [0.2, 0.25) is 0 Å². The van der Waals surface area contributed by atoms with Crippen LogP contribution in [0.15, 0.2) is 24.3 Å². The van der Waals surface area contributed by atoms with Crippen LogP contribution in [-0.4, -0.2) is 42.4 Å². The van der Waals surface area contributed by atoms with Crippen LogP contribution in [0.5, 0.6) is 0 Å². The fraction of sp³-hybridized carbons (Fsp3) is 0.600. The Labute approximate surface area is 151 Å². The first-order valence-electron chi connectivity index (χ1n) is 9.10. The maximum atomic E-state index is 12.7. The smallest absolute Gasteiger partial charge is 0.253 e. The lowest BCUT2D eigenvalue weighted by molar-refractivity contribution is 0.0660. The number of hydrogen-bond acceptors (Lipinski definition) is 3. The Morgan fingerprint density at radius 3 is 2.40 bits per heavy atom. The summed E-state index contributed by atoms with van der Waals surface area (Å²) in [4.78, 5) is 26.7. The van der Waals surface area contributed by atoms with Crippen molar-refractivity contribution < 1.29 is 9.59 Å². The van der Waals surface area contributed by atoms with Crippen molar-refractivity contribution in [1.82, 2.24) is 10.2 Å². The summed E-state index contributed by atoms with van der Waals surface area (Å²) in [5.74, 6) is 0.274. The zero-order valence-corrected chi connectivity index (χ0v) is 15.8. The molecule has 2 unspecified atom stereocenters. The van der Waals surface area contributed by atoms with Gasteiger partial charge in [-0.2, -0.15) is 0 Å².